The quantitative estimate of drug-likeness (QED) is 0.796. The highest BCUT2D eigenvalue weighted by Crippen LogP contribution is 2.13. The number of anilines is 1. The Kier molecular flexibility index (Phi) is 5.49. The molecule has 1 amide bonds. The number of amides is 1. The van der Waals surface area contributed by atoms with E-state index in [0.717, 1.165) is 26.2 Å². The van der Waals surface area contributed by atoms with E-state index in [9.17, 15) is 4.79 Å². The average molecular weight is 281 g/mol. The summed E-state index contributed by atoms with van der Waals surface area (Å²) >= 11 is 0. The molecule has 20 heavy (non-hydrogen) atoms. The van der Waals surface area contributed by atoms with Gasteiger partial charge >= 0.3 is 6.01 Å². The summed E-state index contributed by atoms with van der Waals surface area (Å²) in [6, 6.07) is 0.172. The number of likely N-dealkylation sites (N-methyl/N-ethyl adjacent to an activating group) is 1. The molecule has 1 saturated heterocycles. The second kappa shape index (κ2) is 7.35. The van der Waals surface area contributed by atoms with Gasteiger partial charge in [-0.3, -0.25) is 15.0 Å². The minimum absolute atomic E-state index is 0.107. The van der Waals surface area contributed by atoms with Crippen LogP contribution in [0.2, 0.25) is 0 Å². The summed E-state index contributed by atoms with van der Waals surface area (Å²) in [6.07, 6.45) is 2.36. The van der Waals surface area contributed by atoms with Crippen molar-refractivity contribution in [3.63, 3.8) is 0 Å². The Hall–Kier alpha value is -1.47. The first-order chi connectivity index (χ1) is 9.67. The van der Waals surface area contributed by atoms with E-state index in [4.69, 9.17) is 4.42 Å². The molecule has 0 aliphatic carbocycles. The zero-order chi connectivity index (χ0) is 14.4. The zero-order valence-corrected chi connectivity index (χ0v) is 12.2. The van der Waals surface area contributed by atoms with E-state index in [1.807, 2.05) is 0 Å². The van der Waals surface area contributed by atoms with E-state index in [-0.39, 0.29) is 11.9 Å². The normalized spacial score (nSPS) is 16.6. The molecule has 7 heteroatoms. The first-order valence-electron chi connectivity index (χ1n) is 7.20. The lowest BCUT2D eigenvalue weighted by molar-refractivity contribution is -0.117. The lowest BCUT2D eigenvalue weighted by Crippen LogP contribution is -2.39. The number of hydrogen-bond acceptors (Lipinski definition) is 6. The standard InChI is InChI=1S/C13H23N5O2/c1-3-18(8-11-4-6-14-7-5-11)9-12(19)15-13-17-16-10(2)20-13/h11,14H,3-9H2,1-2H3,(H,15,17,19). The minimum Gasteiger partial charge on any atom is -0.408 e. The Morgan fingerprint density at radius 2 is 2.20 bits per heavy atom. The third-order valence-corrected chi connectivity index (χ3v) is 3.56. The number of nitrogens with zero attached hydrogens (tertiary/aromatic N) is 3. The number of hydrogen-bond donors (Lipinski definition) is 2. The van der Waals surface area contributed by atoms with Gasteiger partial charge in [0.2, 0.25) is 11.8 Å². The van der Waals surface area contributed by atoms with Crippen molar-refractivity contribution in [2.75, 3.05) is 38.0 Å². The van der Waals surface area contributed by atoms with Crippen LogP contribution in [0.15, 0.2) is 4.42 Å². The number of rotatable bonds is 6. The molecule has 1 aliphatic heterocycles. The Labute approximate surface area is 119 Å². The van der Waals surface area contributed by atoms with Crippen molar-refractivity contribution < 1.29 is 9.21 Å². The van der Waals surface area contributed by atoms with Crippen molar-refractivity contribution in [2.45, 2.75) is 26.7 Å². The molecule has 1 aromatic rings. The van der Waals surface area contributed by atoms with Crippen LogP contribution in [-0.4, -0.2) is 53.7 Å². The highest BCUT2D eigenvalue weighted by molar-refractivity contribution is 5.90. The van der Waals surface area contributed by atoms with E-state index >= 15 is 0 Å². The monoisotopic (exact) mass is 281 g/mol. The van der Waals surface area contributed by atoms with Gasteiger partial charge in [-0.25, -0.2) is 0 Å². The van der Waals surface area contributed by atoms with Crippen LogP contribution in [0.4, 0.5) is 6.01 Å². The van der Waals surface area contributed by atoms with Gasteiger partial charge in [-0.15, -0.1) is 5.10 Å². The van der Waals surface area contributed by atoms with Crippen molar-refractivity contribution in [3.8, 4) is 0 Å². The van der Waals surface area contributed by atoms with Crippen LogP contribution in [0.25, 0.3) is 0 Å². The van der Waals surface area contributed by atoms with Crippen LogP contribution in [0, 0.1) is 12.8 Å². The summed E-state index contributed by atoms with van der Waals surface area (Å²) in [4.78, 5) is 14.1. The number of carbonyl (C=O) groups is 1. The fourth-order valence-corrected chi connectivity index (χ4v) is 2.44. The number of aryl methyl sites for hydroxylation is 1. The van der Waals surface area contributed by atoms with Crippen LogP contribution in [-0.2, 0) is 4.79 Å². The summed E-state index contributed by atoms with van der Waals surface area (Å²) in [6.45, 7) is 8.12. The molecule has 0 atom stereocenters. The summed E-state index contributed by atoms with van der Waals surface area (Å²) in [5.74, 6) is 1.02. The van der Waals surface area contributed by atoms with Gasteiger partial charge in [-0.05, 0) is 38.4 Å². The summed E-state index contributed by atoms with van der Waals surface area (Å²) < 4.78 is 5.14. The fraction of sp³-hybridized carbons (Fsp3) is 0.769. The van der Waals surface area contributed by atoms with Crippen LogP contribution >= 0.6 is 0 Å². The second-order valence-electron chi connectivity index (χ2n) is 5.20. The minimum atomic E-state index is -0.107. The van der Waals surface area contributed by atoms with Crippen molar-refractivity contribution in [1.29, 1.82) is 0 Å². The van der Waals surface area contributed by atoms with Gasteiger partial charge in [0, 0.05) is 13.5 Å². The molecule has 1 aliphatic rings. The summed E-state index contributed by atoms with van der Waals surface area (Å²) in [7, 11) is 0. The second-order valence-corrected chi connectivity index (χ2v) is 5.20. The third-order valence-electron chi connectivity index (χ3n) is 3.56. The molecular formula is C13H23N5O2. The molecule has 2 heterocycles. The molecule has 7 nitrogen and oxygen atoms in total. The predicted octanol–water partition coefficient (Wildman–Crippen LogP) is 0.638. The molecule has 112 valence electrons. The van der Waals surface area contributed by atoms with Gasteiger partial charge in [0.05, 0.1) is 6.54 Å². The van der Waals surface area contributed by atoms with E-state index in [0.29, 0.717) is 18.4 Å². The van der Waals surface area contributed by atoms with Crippen LogP contribution in [0.3, 0.4) is 0 Å². The average Bonchev–Trinajstić information content (AvgIpc) is 2.84. The summed E-state index contributed by atoms with van der Waals surface area (Å²) in [5, 5.41) is 13.4. The van der Waals surface area contributed by atoms with Gasteiger partial charge in [0.15, 0.2) is 0 Å². The SMILES string of the molecule is CCN(CC(=O)Nc1nnc(C)o1)CC1CCNCC1. The van der Waals surface area contributed by atoms with Crippen LogP contribution in [0.5, 0.6) is 0 Å². The molecule has 2 rings (SSSR count). The Bertz CT molecular complexity index is 428. The number of piperidine rings is 1. The number of carbonyl (C=O) groups excluding carboxylic acids is 1. The van der Waals surface area contributed by atoms with Crippen molar-refractivity contribution in [1.82, 2.24) is 20.4 Å². The van der Waals surface area contributed by atoms with E-state index < -0.39 is 0 Å². The van der Waals surface area contributed by atoms with Crippen LogP contribution in [0.1, 0.15) is 25.7 Å². The Balaban J connectivity index is 1.78. The third kappa shape index (κ3) is 4.57. The van der Waals surface area contributed by atoms with E-state index in [2.05, 4.69) is 32.7 Å². The first kappa shape index (κ1) is 14.9. The lowest BCUT2D eigenvalue weighted by atomic mass is 9.97. The maximum absolute atomic E-state index is 11.9. The van der Waals surface area contributed by atoms with E-state index in [1.165, 1.54) is 12.8 Å². The highest BCUT2D eigenvalue weighted by atomic mass is 16.4. The molecule has 0 unspecified atom stereocenters. The van der Waals surface area contributed by atoms with Gasteiger partial charge in [-0.2, -0.15) is 0 Å². The lowest BCUT2D eigenvalue weighted by Gasteiger charge is -2.28. The maximum atomic E-state index is 11.9. The highest BCUT2D eigenvalue weighted by Gasteiger charge is 2.18. The first-order valence-corrected chi connectivity index (χ1v) is 7.20. The summed E-state index contributed by atoms with van der Waals surface area (Å²) in [5.41, 5.74) is 0. The molecular weight excluding hydrogens is 258 g/mol. The molecule has 0 bridgehead atoms. The Morgan fingerprint density at radius 1 is 1.45 bits per heavy atom. The Morgan fingerprint density at radius 3 is 2.80 bits per heavy atom. The van der Waals surface area contributed by atoms with E-state index in [1.54, 1.807) is 6.92 Å². The number of nitrogens with one attached hydrogen (secondary N) is 2. The predicted molar refractivity (Wildman–Crippen MR) is 75.4 cm³/mol. The topological polar surface area (TPSA) is 83.3 Å². The molecule has 1 aromatic heterocycles. The molecule has 0 aromatic carbocycles. The van der Waals surface area contributed by atoms with Gasteiger partial charge in [0.1, 0.15) is 0 Å². The smallest absolute Gasteiger partial charge is 0.322 e. The van der Waals surface area contributed by atoms with Gasteiger partial charge < -0.3 is 9.73 Å². The molecule has 1 fully saturated rings. The van der Waals surface area contributed by atoms with Crippen molar-refractivity contribution in [2.24, 2.45) is 5.92 Å². The van der Waals surface area contributed by atoms with Gasteiger partial charge in [-0.1, -0.05) is 12.0 Å². The largest absolute Gasteiger partial charge is 0.408 e. The fourth-order valence-electron chi connectivity index (χ4n) is 2.44. The molecule has 0 saturated carbocycles. The molecule has 0 radical (unpaired) electrons. The zero-order valence-electron chi connectivity index (χ0n) is 12.2. The van der Waals surface area contributed by atoms with Crippen LogP contribution < -0.4 is 10.6 Å². The van der Waals surface area contributed by atoms with Crippen molar-refractivity contribution >= 4 is 11.9 Å². The van der Waals surface area contributed by atoms with Crippen molar-refractivity contribution in [3.05, 3.63) is 5.89 Å². The molecule has 0 spiro atoms. The molecule has 2 N–H and O–H groups in total. The van der Waals surface area contributed by atoms with Gasteiger partial charge in [0.25, 0.3) is 0 Å². The number of aromatic nitrogens is 2. The maximum Gasteiger partial charge on any atom is 0.322 e.